The molecule has 0 bridgehead atoms. The topological polar surface area (TPSA) is 73.8 Å². The Morgan fingerprint density at radius 1 is 1.00 bits per heavy atom. The van der Waals surface area contributed by atoms with Gasteiger partial charge in [0.15, 0.2) is 4.80 Å². The Labute approximate surface area is 233 Å². The average Bonchev–Trinajstić information content (AvgIpc) is 3.60. The fourth-order valence-electron chi connectivity index (χ4n) is 5.59. The number of thiazole rings is 1. The van der Waals surface area contributed by atoms with Crippen LogP contribution in [0.15, 0.2) is 111 Å². The Bertz CT molecular complexity index is 2000. The zero-order valence-corrected chi connectivity index (χ0v) is 22.5. The highest BCUT2D eigenvalue weighted by Gasteiger charge is 2.32. The summed E-state index contributed by atoms with van der Waals surface area (Å²) in [5.74, 6) is 0.737. The first-order chi connectivity index (χ1) is 19.6. The minimum Gasteiger partial charge on any atom is -0.465 e. The molecule has 1 aliphatic heterocycles. The number of benzene rings is 3. The van der Waals surface area contributed by atoms with E-state index in [1.165, 1.54) is 29.6 Å². The van der Waals surface area contributed by atoms with Crippen LogP contribution in [0.5, 0.6) is 0 Å². The van der Waals surface area contributed by atoms with Crippen molar-refractivity contribution in [1.29, 1.82) is 0 Å². The number of allylic oxidation sites excluding steroid dienone is 1. The van der Waals surface area contributed by atoms with Crippen LogP contribution in [0.1, 0.15) is 45.3 Å². The first-order valence-electron chi connectivity index (χ1n) is 13.1. The van der Waals surface area contributed by atoms with Gasteiger partial charge in [0.1, 0.15) is 11.5 Å². The standard InChI is InChI=1S/C33H24N2O4S/c1-38-32(37)23-12-7-11-22(18-23)27-17-15-24(39-27)19-28-31(36)35-30(21-9-3-2-4-10-21)26-16-14-20-8-5-6-13-25(20)29(26)34-33(35)40-28/h2-13,15,17-19,30H,14,16H2,1H3/b28-19-/t30-/m1/s1. The molecular weight excluding hydrogens is 520 g/mol. The Kier molecular flexibility index (Phi) is 5.94. The number of hydrogen-bond donors (Lipinski definition) is 0. The molecule has 1 aliphatic carbocycles. The van der Waals surface area contributed by atoms with E-state index in [1.807, 2.05) is 47.0 Å². The average molecular weight is 545 g/mol. The molecule has 196 valence electrons. The summed E-state index contributed by atoms with van der Waals surface area (Å²) >= 11 is 1.37. The van der Waals surface area contributed by atoms with Crippen LogP contribution in [0.3, 0.4) is 0 Å². The number of furan rings is 1. The van der Waals surface area contributed by atoms with Crippen molar-refractivity contribution in [2.75, 3.05) is 7.11 Å². The lowest BCUT2D eigenvalue weighted by atomic mass is 9.83. The van der Waals surface area contributed by atoms with Crippen molar-refractivity contribution in [3.05, 3.63) is 144 Å². The van der Waals surface area contributed by atoms with Crippen molar-refractivity contribution in [2.45, 2.75) is 18.9 Å². The van der Waals surface area contributed by atoms with E-state index in [0.29, 0.717) is 26.4 Å². The van der Waals surface area contributed by atoms with Gasteiger partial charge in [0.25, 0.3) is 5.56 Å². The van der Waals surface area contributed by atoms with Crippen LogP contribution in [-0.4, -0.2) is 17.6 Å². The smallest absolute Gasteiger partial charge is 0.337 e. The van der Waals surface area contributed by atoms with Gasteiger partial charge in [-0.1, -0.05) is 78.1 Å². The van der Waals surface area contributed by atoms with Gasteiger partial charge < -0.3 is 9.15 Å². The van der Waals surface area contributed by atoms with E-state index in [-0.39, 0.29) is 11.6 Å². The summed E-state index contributed by atoms with van der Waals surface area (Å²) in [5, 5.41) is 0. The molecule has 0 amide bonds. The third-order valence-corrected chi connectivity index (χ3v) is 8.44. The molecule has 1 atom stereocenters. The summed E-state index contributed by atoms with van der Waals surface area (Å²) in [5.41, 5.74) is 6.76. The number of carbonyl (C=O) groups excluding carboxylic acids is 1. The van der Waals surface area contributed by atoms with Crippen molar-refractivity contribution in [3.63, 3.8) is 0 Å². The number of hydrogen-bond acceptors (Lipinski definition) is 6. The molecule has 6 nitrogen and oxygen atoms in total. The van der Waals surface area contributed by atoms with Gasteiger partial charge in [-0.25, -0.2) is 9.79 Å². The quantitative estimate of drug-likeness (QED) is 0.286. The Balaban J connectivity index is 1.35. The summed E-state index contributed by atoms with van der Waals surface area (Å²) in [4.78, 5) is 31.6. The number of esters is 1. The van der Waals surface area contributed by atoms with Crippen molar-refractivity contribution < 1.29 is 13.9 Å². The van der Waals surface area contributed by atoms with E-state index >= 15 is 0 Å². The van der Waals surface area contributed by atoms with Crippen LogP contribution in [0, 0.1) is 0 Å². The SMILES string of the molecule is COC(=O)c1cccc(-c2ccc(/C=c3\sc4n(c3=O)[C@H](c3ccccc3)C3=C(N=4)c4ccccc4CC3)o2)c1. The summed E-state index contributed by atoms with van der Waals surface area (Å²) in [7, 11) is 1.35. The van der Waals surface area contributed by atoms with Gasteiger partial charge in [0, 0.05) is 17.2 Å². The number of fused-ring (bicyclic) bond motifs is 3. The fraction of sp³-hybridized carbons (Fsp3) is 0.121. The molecule has 7 heteroatoms. The molecule has 2 aliphatic rings. The summed E-state index contributed by atoms with van der Waals surface area (Å²) in [6.07, 6.45) is 3.55. The minimum absolute atomic E-state index is 0.0892. The number of methoxy groups -OCH3 is 1. The predicted molar refractivity (Wildman–Crippen MR) is 155 cm³/mol. The van der Waals surface area contributed by atoms with Crippen LogP contribution >= 0.6 is 11.3 Å². The van der Waals surface area contributed by atoms with Gasteiger partial charge in [-0.05, 0) is 53.8 Å². The molecule has 0 saturated carbocycles. The van der Waals surface area contributed by atoms with E-state index in [9.17, 15) is 9.59 Å². The first-order valence-corrected chi connectivity index (χ1v) is 13.9. The number of rotatable bonds is 4. The molecule has 5 aromatic rings. The lowest BCUT2D eigenvalue weighted by Crippen LogP contribution is -2.38. The van der Waals surface area contributed by atoms with E-state index in [1.54, 1.807) is 24.3 Å². The summed E-state index contributed by atoms with van der Waals surface area (Å²) < 4.78 is 13.3. The lowest BCUT2D eigenvalue weighted by Gasteiger charge is -2.30. The second kappa shape index (κ2) is 9.77. The highest BCUT2D eigenvalue weighted by molar-refractivity contribution is 7.07. The molecule has 3 aromatic carbocycles. The van der Waals surface area contributed by atoms with E-state index in [0.717, 1.165) is 35.2 Å². The monoisotopic (exact) mass is 544 g/mol. The van der Waals surface area contributed by atoms with Crippen LogP contribution in [0.25, 0.3) is 23.1 Å². The first kappa shape index (κ1) is 24.3. The zero-order valence-electron chi connectivity index (χ0n) is 21.7. The highest BCUT2D eigenvalue weighted by Crippen LogP contribution is 2.41. The lowest BCUT2D eigenvalue weighted by molar-refractivity contribution is 0.0601. The number of ether oxygens (including phenoxy) is 1. The van der Waals surface area contributed by atoms with Crippen molar-refractivity contribution in [1.82, 2.24) is 4.57 Å². The fourth-order valence-corrected chi connectivity index (χ4v) is 6.57. The van der Waals surface area contributed by atoms with Crippen LogP contribution in [-0.2, 0) is 11.2 Å². The van der Waals surface area contributed by atoms with Crippen LogP contribution in [0.2, 0.25) is 0 Å². The van der Waals surface area contributed by atoms with Crippen LogP contribution in [0.4, 0.5) is 0 Å². The van der Waals surface area contributed by atoms with Gasteiger partial charge in [-0.3, -0.25) is 9.36 Å². The predicted octanol–water partition coefficient (Wildman–Crippen LogP) is 5.37. The van der Waals surface area contributed by atoms with Crippen molar-refractivity contribution in [3.8, 4) is 11.3 Å². The number of aromatic nitrogens is 1. The maximum absolute atomic E-state index is 13.9. The molecule has 0 N–H and O–H groups in total. The molecule has 0 fully saturated rings. The van der Waals surface area contributed by atoms with E-state index in [4.69, 9.17) is 14.1 Å². The van der Waals surface area contributed by atoms with Gasteiger partial charge in [0.2, 0.25) is 0 Å². The van der Waals surface area contributed by atoms with Gasteiger partial charge in [0.05, 0.1) is 28.9 Å². The Morgan fingerprint density at radius 2 is 1.82 bits per heavy atom. The van der Waals surface area contributed by atoms with Crippen molar-refractivity contribution in [2.24, 2.45) is 4.99 Å². The van der Waals surface area contributed by atoms with Gasteiger partial charge >= 0.3 is 5.97 Å². The van der Waals surface area contributed by atoms with Crippen LogP contribution < -0.4 is 14.9 Å². The second-order valence-corrected chi connectivity index (χ2v) is 10.8. The maximum Gasteiger partial charge on any atom is 0.337 e. The highest BCUT2D eigenvalue weighted by atomic mass is 32.1. The maximum atomic E-state index is 13.9. The van der Waals surface area contributed by atoms with E-state index in [2.05, 4.69) is 30.3 Å². The third-order valence-electron chi connectivity index (χ3n) is 7.46. The molecule has 3 heterocycles. The summed E-state index contributed by atoms with van der Waals surface area (Å²) in [6.45, 7) is 0. The van der Waals surface area contributed by atoms with Gasteiger partial charge in [-0.2, -0.15) is 0 Å². The molecule has 0 saturated heterocycles. The van der Waals surface area contributed by atoms with E-state index < -0.39 is 5.97 Å². The van der Waals surface area contributed by atoms with Gasteiger partial charge in [-0.15, -0.1) is 0 Å². The molecule has 40 heavy (non-hydrogen) atoms. The molecule has 0 radical (unpaired) electrons. The second-order valence-electron chi connectivity index (χ2n) is 9.80. The molecule has 0 spiro atoms. The number of nitrogens with zero attached hydrogens (tertiary/aromatic N) is 2. The largest absolute Gasteiger partial charge is 0.465 e. The molecule has 0 unspecified atom stereocenters. The molecular formula is C33H24N2O4S. The Morgan fingerprint density at radius 3 is 2.67 bits per heavy atom. The number of aryl methyl sites for hydroxylation is 1. The minimum atomic E-state index is -0.409. The third kappa shape index (κ3) is 4.06. The molecule has 2 aromatic heterocycles. The zero-order chi connectivity index (χ0) is 27.2. The molecule has 7 rings (SSSR count). The summed E-state index contributed by atoms with van der Waals surface area (Å²) in [6, 6.07) is 29.1. The normalized spacial score (nSPS) is 16.1. The number of carbonyl (C=O) groups is 1. The Hall–Kier alpha value is -4.75. The van der Waals surface area contributed by atoms with Crippen molar-refractivity contribution >= 4 is 29.1 Å².